The van der Waals surface area contributed by atoms with Crippen LogP contribution in [0.3, 0.4) is 0 Å². The van der Waals surface area contributed by atoms with Gasteiger partial charge in [0.25, 0.3) is 0 Å². The minimum absolute atomic E-state index is 0.345. The summed E-state index contributed by atoms with van der Waals surface area (Å²) in [5, 5.41) is 3.33. The lowest BCUT2D eigenvalue weighted by atomic mass is 10.2. The molecular formula is C15H22BrNO3. The zero-order valence-corrected chi connectivity index (χ0v) is 13.8. The van der Waals surface area contributed by atoms with Crippen LogP contribution in [0.5, 0.6) is 5.75 Å². The highest BCUT2D eigenvalue weighted by Crippen LogP contribution is 2.24. The molecule has 1 aromatic carbocycles. The van der Waals surface area contributed by atoms with Gasteiger partial charge < -0.3 is 14.8 Å². The van der Waals surface area contributed by atoms with Crippen LogP contribution in [0.25, 0.3) is 0 Å². The number of nitrogens with one attached hydrogen (secondary N) is 1. The molecule has 1 rings (SSSR count). The first-order valence-corrected chi connectivity index (χ1v) is 7.70. The maximum absolute atomic E-state index is 11.6. The van der Waals surface area contributed by atoms with E-state index >= 15 is 0 Å². The molecule has 0 aliphatic heterocycles. The Hall–Kier alpha value is -1.07. The lowest BCUT2D eigenvalue weighted by Crippen LogP contribution is -2.27. The van der Waals surface area contributed by atoms with E-state index < -0.39 is 6.10 Å². The maximum atomic E-state index is 11.6. The molecule has 0 spiro atoms. The predicted octanol–water partition coefficient (Wildman–Crippen LogP) is 3.28. The molecule has 1 N–H and O–H groups in total. The van der Waals surface area contributed by atoms with E-state index in [1.807, 2.05) is 18.2 Å². The fourth-order valence-corrected chi connectivity index (χ4v) is 2.11. The van der Waals surface area contributed by atoms with Crippen molar-refractivity contribution in [3.05, 3.63) is 28.2 Å². The van der Waals surface area contributed by atoms with E-state index in [9.17, 15) is 4.79 Å². The number of carbonyl (C=O) groups excluding carboxylic acids is 1. The van der Waals surface area contributed by atoms with Gasteiger partial charge in [0.05, 0.1) is 6.61 Å². The van der Waals surface area contributed by atoms with Gasteiger partial charge in [-0.2, -0.15) is 0 Å². The number of rotatable bonds is 8. The van der Waals surface area contributed by atoms with Crippen molar-refractivity contribution in [2.24, 2.45) is 0 Å². The molecule has 0 heterocycles. The van der Waals surface area contributed by atoms with Gasteiger partial charge in [-0.25, -0.2) is 4.79 Å². The molecule has 0 aromatic heterocycles. The molecule has 0 saturated heterocycles. The molecule has 0 radical (unpaired) electrons. The van der Waals surface area contributed by atoms with Crippen LogP contribution < -0.4 is 10.1 Å². The van der Waals surface area contributed by atoms with Crippen LogP contribution in [0.4, 0.5) is 0 Å². The number of hydrogen-bond donors (Lipinski definition) is 1. The normalized spacial score (nSPS) is 12.0. The van der Waals surface area contributed by atoms with Crippen LogP contribution in [-0.4, -0.2) is 25.2 Å². The molecule has 0 bridgehead atoms. The second-order valence-electron chi connectivity index (χ2n) is 4.44. The summed E-state index contributed by atoms with van der Waals surface area (Å²) in [7, 11) is 0. The lowest BCUT2D eigenvalue weighted by Gasteiger charge is -2.17. The first-order chi connectivity index (χ1) is 9.58. The number of hydrogen-bond acceptors (Lipinski definition) is 4. The van der Waals surface area contributed by atoms with Gasteiger partial charge in [-0.05, 0) is 45.0 Å². The lowest BCUT2D eigenvalue weighted by molar-refractivity contribution is -0.150. The van der Waals surface area contributed by atoms with Crippen LogP contribution in [0.2, 0.25) is 0 Å². The van der Waals surface area contributed by atoms with E-state index in [4.69, 9.17) is 9.47 Å². The SMILES string of the molecule is CCCNCc1cc(Br)ccc1OC(C)C(=O)OCC. The molecule has 5 heteroatoms. The third-order valence-corrected chi connectivity index (χ3v) is 3.18. The Bertz CT molecular complexity index is 437. The molecule has 0 amide bonds. The molecule has 1 aromatic rings. The van der Waals surface area contributed by atoms with E-state index in [0.717, 1.165) is 23.0 Å². The Morgan fingerprint density at radius 2 is 2.15 bits per heavy atom. The highest BCUT2D eigenvalue weighted by molar-refractivity contribution is 9.10. The Labute approximate surface area is 129 Å². The number of ether oxygens (including phenoxy) is 2. The Balaban J connectivity index is 2.74. The van der Waals surface area contributed by atoms with Gasteiger partial charge in [-0.1, -0.05) is 22.9 Å². The summed E-state index contributed by atoms with van der Waals surface area (Å²) in [4.78, 5) is 11.6. The topological polar surface area (TPSA) is 47.6 Å². The predicted molar refractivity (Wildman–Crippen MR) is 82.9 cm³/mol. The van der Waals surface area contributed by atoms with E-state index in [2.05, 4.69) is 28.2 Å². The molecule has 20 heavy (non-hydrogen) atoms. The van der Waals surface area contributed by atoms with Crippen LogP contribution in [-0.2, 0) is 16.1 Å². The number of carbonyl (C=O) groups is 1. The second-order valence-corrected chi connectivity index (χ2v) is 5.36. The second kappa shape index (κ2) is 8.97. The number of esters is 1. The average Bonchev–Trinajstić information content (AvgIpc) is 2.42. The highest BCUT2D eigenvalue weighted by Gasteiger charge is 2.17. The summed E-state index contributed by atoms with van der Waals surface area (Å²) in [6.45, 7) is 7.61. The molecule has 0 saturated carbocycles. The minimum Gasteiger partial charge on any atom is -0.479 e. The fourth-order valence-electron chi connectivity index (χ4n) is 1.70. The van der Waals surface area contributed by atoms with Gasteiger partial charge in [0.1, 0.15) is 5.75 Å². The number of benzene rings is 1. The Morgan fingerprint density at radius 3 is 2.80 bits per heavy atom. The molecule has 112 valence electrons. The van der Waals surface area contributed by atoms with E-state index in [0.29, 0.717) is 18.9 Å². The fraction of sp³-hybridized carbons (Fsp3) is 0.533. The third-order valence-electron chi connectivity index (χ3n) is 2.69. The van der Waals surface area contributed by atoms with Gasteiger partial charge >= 0.3 is 5.97 Å². The van der Waals surface area contributed by atoms with Crippen molar-refractivity contribution in [2.45, 2.75) is 39.8 Å². The molecule has 0 fully saturated rings. The van der Waals surface area contributed by atoms with Crippen LogP contribution in [0, 0.1) is 0 Å². The smallest absolute Gasteiger partial charge is 0.347 e. The van der Waals surface area contributed by atoms with Crippen LogP contribution >= 0.6 is 15.9 Å². The monoisotopic (exact) mass is 343 g/mol. The summed E-state index contributed by atoms with van der Waals surface area (Å²) >= 11 is 3.45. The van der Waals surface area contributed by atoms with E-state index in [1.54, 1.807) is 13.8 Å². The van der Waals surface area contributed by atoms with Crippen molar-refractivity contribution < 1.29 is 14.3 Å². The van der Waals surface area contributed by atoms with Gasteiger partial charge in [0, 0.05) is 16.6 Å². The molecule has 1 unspecified atom stereocenters. The zero-order valence-electron chi connectivity index (χ0n) is 12.2. The standard InChI is InChI=1S/C15H22BrNO3/c1-4-8-17-10-12-9-13(16)6-7-14(12)20-11(3)15(18)19-5-2/h6-7,9,11,17H,4-5,8,10H2,1-3H3. The van der Waals surface area contributed by atoms with E-state index in [1.165, 1.54) is 0 Å². The highest BCUT2D eigenvalue weighted by atomic mass is 79.9. The van der Waals surface area contributed by atoms with Gasteiger partial charge in [0.2, 0.25) is 0 Å². The zero-order chi connectivity index (χ0) is 15.0. The third kappa shape index (κ3) is 5.51. The van der Waals surface area contributed by atoms with Crippen molar-refractivity contribution in [3.63, 3.8) is 0 Å². The summed E-state index contributed by atoms with van der Waals surface area (Å²) in [5.74, 6) is 0.361. The van der Waals surface area contributed by atoms with Gasteiger partial charge in [0.15, 0.2) is 6.10 Å². The van der Waals surface area contributed by atoms with E-state index in [-0.39, 0.29) is 5.97 Å². The van der Waals surface area contributed by atoms with Crippen LogP contribution in [0.15, 0.2) is 22.7 Å². The van der Waals surface area contributed by atoms with Crippen molar-refractivity contribution >= 4 is 21.9 Å². The summed E-state index contributed by atoms with van der Waals surface area (Å²) in [5.41, 5.74) is 1.02. The first kappa shape index (κ1) is 17.0. The van der Waals surface area contributed by atoms with Crippen LogP contribution in [0.1, 0.15) is 32.8 Å². The summed E-state index contributed by atoms with van der Waals surface area (Å²) in [6, 6.07) is 5.76. The molecule has 4 nitrogen and oxygen atoms in total. The Morgan fingerprint density at radius 1 is 1.40 bits per heavy atom. The maximum Gasteiger partial charge on any atom is 0.347 e. The quantitative estimate of drug-likeness (QED) is 0.581. The molecule has 0 aliphatic rings. The average molecular weight is 344 g/mol. The van der Waals surface area contributed by atoms with Crippen molar-refractivity contribution in [1.29, 1.82) is 0 Å². The van der Waals surface area contributed by atoms with Crippen molar-refractivity contribution in [3.8, 4) is 5.75 Å². The van der Waals surface area contributed by atoms with Crippen molar-refractivity contribution in [1.82, 2.24) is 5.32 Å². The first-order valence-electron chi connectivity index (χ1n) is 6.90. The van der Waals surface area contributed by atoms with Gasteiger partial charge in [-0.3, -0.25) is 0 Å². The Kier molecular flexibility index (Phi) is 7.62. The summed E-state index contributed by atoms with van der Waals surface area (Å²) < 4.78 is 11.6. The van der Waals surface area contributed by atoms with Crippen molar-refractivity contribution in [2.75, 3.05) is 13.2 Å². The minimum atomic E-state index is -0.610. The molecular weight excluding hydrogens is 322 g/mol. The molecule has 0 aliphatic carbocycles. The summed E-state index contributed by atoms with van der Waals surface area (Å²) in [6.07, 6.45) is 0.463. The largest absolute Gasteiger partial charge is 0.479 e. The molecule has 1 atom stereocenters. The number of halogens is 1. The van der Waals surface area contributed by atoms with Gasteiger partial charge in [-0.15, -0.1) is 0 Å².